The molecule has 2 heterocycles. The molecule has 0 spiro atoms. The number of aryl methyl sites for hydroxylation is 1. The van der Waals surface area contributed by atoms with Crippen LogP contribution >= 0.6 is 0 Å². The normalized spacial score (nSPS) is 14.0. The quantitative estimate of drug-likeness (QED) is 0.690. The van der Waals surface area contributed by atoms with Crippen molar-refractivity contribution < 1.29 is 9.90 Å². The largest absolute Gasteiger partial charge is 0.478 e. The predicted molar refractivity (Wildman–Crippen MR) is 114 cm³/mol. The van der Waals surface area contributed by atoms with Crippen LogP contribution in [0.15, 0.2) is 60.7 Å². The van der Waals surface area contributed by atoms with Gasteiger partial charge in [0, 0.05) is 49.3 Å². The van der Waals surface area contributed by atoms with Gasteiger partial charge in [-0.1, -0.05) is 24.3 Å². The van der Waals surface area contributed by atoms with Gasteiger partial charge in [-0.25, -0.2) is 9.78 Å². The molecule has 7 nitrogen and oxygen atoms in total. The Hall–Kier alpha value is -3.61. The third kappa shape index (κ3) is 4.45. The molecule has 148 valence electrons. The lowest BCUT2D eigenvalue weighted by Gasteiger charge is -2.36. The van der Waals surface area contributed by atoms with E-state index in [2.05, 4.69) is 49.4 Å². The molecule has 0 bridgehead atoms. The molecule has 0 radical (unpaired) electrons. The van der Waals surface area contributed by atoms with E-state index in [-0.39, 0.29) is 5.56 Å². The zero-order valence-electron chi connectivity index (χ0n) is 16.2. The van der Waals surface area contributed by atoms with E-state index in [9.17, 15) is 9.90 Å². The molecule has 1 aliphatic rings. The summed E-state index contributed by atoms with van der Waals surface area (Å²) in [5, 5.41) is 12.4. The molecule has 0 unspecified atom stereocenters. The van der Waals surface area contributed by atoms with Gasteiger partial charge in [0.2, 0.25) is 5.95 Å². The first-order chi connectivity index (χ1) is 14.1. The molecule has 2 aromatic carbocycles. The van der Waals surface area contributed by atoms with E-state index in [1.165, 1.54) is 5.69 Å². The fourth-order valence-corrected chi connectivity index (χ4v) is 3.44. The van der Waals surface area contributed by atoms with Gasteiger partial charge in [0.05, 0.1) is 5.56 Å². The summed E-state index contributed by atoms with van der Waals surface area (Å²) in [6.45, 7) is 5.43. The lowest BCUT2D eigenvalue weighted by atomic mass is 10.2. The second-order valence-electron chi connectivity index (χ2n) is 7.02. The molecule has 29 heavy (non-hydrogen) atoms. The highest BCUT2D eigenvalue weighted by Gasteiger charge is 2.20. The van der Waals surface area contributed by atoms with Crippen LogP contribution in [0.25, 0.3) is 0 Å². The minimum Gasteiger partial charge on any atom is -0.478 e. The van der Waals surface area contributed by atoms with Gasteiger partial charge in [-0.3, -0.25) is 0 Å². The van der Waals surface area contributed by atoms with Gasteiger partial charge >= 0.3 is 5.97 Å². The zero-order chi connectivity index (χ0) is 20.2. The van der Waals surface area contributed by atoms with Gasteiger partial charge in [-0.15, -0.1) is 0 Å². The zero-order valence-corrected chi connectivity index (χ0v) is 16.2. The van der Waals surface area contributed by atoms with Crippen LogP contribution in [-0.4, -0.2) is 47.2 Å². The second kappa shape index (κ2) is 8.18. The first kappa shape index (κ1) is 18.7. The smallest absolute Gasteiger partial charge is 0.335 e. The van der Waals surface area contributed by atoms with Crippen molar-refractivity contribution in [1.29, 1.82) is 0 Å². The number of carboxylic acid groups (broad SMARTS) is 1. The molecule has 0 saturated carbocycles. The lowest BCUT2D eigenvalue weighted by molar-refractivity contribution is 0.0697. The van der Waals surface area contributed by atoms with Crippen LogP contribution in [0.4, 0.5) is 23.1 Å². The number of rotatable bonds is 5. The molecule has 7 heteroatoms. The highest BCUT2D eigenvalue weighted by Crippen LogP contribution is 2.22. The van der Waals surface area contributed by atoms with Gasteiger partial charge < -0.3 is 20.2 Å². The van der Waals surface area contributed by atoms with Crippen LogP contribution in [0, 0.1) is 6.92 Å². The van der Waals surface area contributed by atoms with Gasteiger partial charge in [0.25, 0.3) is 0 Å². The summed E-state index contributed by atoms with van der Waals surface area (Å²) in [6.07, 6.45) is 0. The molecule has 1 aliphatic heterocycles. The molecule has 0 atom stereocenters. The average Bonchev–Trinajstić information content (AvgIpc) is 2.74. The third-order valence-electron chi connectivity index (χ3n) is 4.91. The number of carboxylic acids is 1. The fourth-order valence-electron chi connectivity index (χ4n) is 3.44. The third-order valence-corrected chi connectivity index (χ3v) is 4.91. The minimum atomic E-state index is -0.954. The van der Waals surface area contributed by atoms with E-state index in [1.54, 1.807) is 18.2 Å². The molecule has 0 aliphatic carbocycles. The number of benzene rings is 2. The summed E-state index contributed by atoms with van der Waals surface area (Å²) in [6, 6.07) is 19.0. The number of nitrogens with one attached hydrogen (secondary N) is 1. The first-order valence-corrected chi connectivity index (χ1v) is 9.59. The Balaban J connectivity index is 1.48. The number of para-hydroxylation sites is 1. The van der Waals surface area contributed by atoms with E-state index in [0.29, 0.717) is 17.5 Å². The van der Waals surface area contributed by atoms with Crippen molar-refractivity contribution in [3.05, 3.63) is 71.9 Å². The molecular formula is C22H23N5O2. The Kier molecular flexibility index (Phi) is 5.29. The molecule has 0 amide bonds. The van der Waals surface area contributed by atoms with Crippen LogP contribution in [0.3, 0.4) is 0 Å². The van der Waals surface area contributed by atoms with Crippen molar-refractivity contribution in [3.8, 4) is 0 Å². The summed E-state index contributed by atoms with van der Waals surface area (Å²) in [7, 11) is 0. The number of nitrogens with zero attached hydrogens (tertiary/aromatic N) is 4. The molecular weight excluding hydrogens is 366 g/mol. The highest BCUT2D eigenvalue weighted by atomic mass is 16.4. The number of aromatic carboxylic acids is 1. The van der Waals surface area contributed by atoms with Crippen molar-refractivity contribution in [3.63, 3.8) is 0 Å². The van der Waals surface area contributed by atoms with E-state index in [0.717, 1.165) is 31.9 Å². The number of hydrogen-bond acceptors (Lipinski definition) is 6. The predicted octanol–water partition coefficient (Wildman–Crippen LogP) is 3.55. The molecule has 4 rings (SSSR count). The van der Waals surface area contributed by atoms with Gasteiger partial charge in [-0.05, 0) is 37.3 Å². The lowest BCUT2D eigenvalue weighted by Crippen LogP contribution is -2.47. The SMILES string of the molecule is Cc1cc(Nc2cccc(C(=O)O)c2)nc(N2CCN(c3ccccc3)CC2)n1. The van der Waals surface area contributed by atoms with Gasteiger partial charge in [-0.2, -0.15) is 4.98 Å². The van der Waals surface area contributed by atoms with E-state index in [1.807, 2.05) is 25.1 Å². The first-order valence-electron chi connectivity index (χ1n) is 9.59. The summed E-state index contributed by atoms with van der Waals surface area (Å²) in [5.74, 6) is 0.389. The van der Waals surface area contributed by atoms with Crippen LogP contribution < -0.4 is 15.1 Å². The van der Waals surface area contributed by atoms with Crippen LogP contribution in [0.5, 0.6) is 0 Å². The van der Waals surface area contributed by atoms with E-state index >= 15 is 0 Å². The maximum atomic E-state index is 11.2. The summed E-state index contributed by atoms with van der Waals surface area (Å²) < 4.78 is 0. The summed E-state index contributed by atoms with van der Waals surface area (Å²) >= 11 is 0. The molecule has 1 fully saturated rings. The van der Waals surface area contributed by atoms with Crippen LogP contribution in [0.1, 0.15) is 16.1 Å². The second-order valence-corrected chi connectivity index (χ2v) is 7.02. The van der Waals surface area contributed by atoms with Crippen molar-refractivity contribution in [1.82, 2.24) is 9.97 Å². The number of piperazine rings is 1. The minimum absolute atomic E-state index is 0.234. The monoisotopic (exact) mass is 389 g/mol. The number of anilines is 4. The fraction of sp³-hybridized carbons (Fsp3) is 0.227. The van der Waals surface area contributed by atoms with E-state index < -0.39 is 5.97 Å². The Morgan fingerprint density at radius 1 is 0.931 bits per heavy atom. The highest BCUT2D eigenvalue weighted by molar-refractivity contribution is 5.89. The van der Waals surface area contributed by atoms with Gasteiger partial charge in [0.15, 0.2) is 0 Å². The Morgan fingerprint density at radius 2 is 1.66 bits per heavy atom. The Labute approximate surface area is 169 Å². The van der Waals surface area contributed by atoms with Crippen molar-refractivity contribution in [2.45, 2.75) is 6.92 Å². The Bertz CT molecular complexity index is 1000. The van der Waals surface area contributed by atoms with E-state index in [4.69, 9.17) is 0 Å². The molecule has 2 N–H and O–H groups in total. The summed E-state index contributed by atoms with van der Waals surface area (Å²) in [4.78, 5) is 25.0. The topological polar surface area (TPSA) is 81.6 Å². The number of aromatic nitrogens is 2. The number of carbonyl (C=O) groups is 1. The summed E-state index contributed by atoms with van der Waals surface area (Å²) in [5.41, 5.74) is 3.01. The molecule has 1 aromatic heterocycles. The molecule has 3 aromatic rings. The van der Waals surface area contributed by atoms with Gasteiger partial charge in [0.1, 0.15) is 5.82 Å². The standard InChI is InChI=1S/C22H23N5O2/c1-16-14-20(24-18-7-5-6-17(15-18)21(28)29)25-22(23-16)27-12-10-26(11-13-27)19-8-3-2-4-9-19/h2-9,14-15H,10-13H2,1H3,(H,28,29)(H,23,24,25). The average molecular weight is 389 g/mol. The molecule has 1 saturated heterocycles. The Morgan fingerprint density at radius 3 is 2.38 bits per heavy atom. The van der Waals surface area contributed by atoms with Crippen molar-refractivity contribution in [2.24, 2.45) is 0 Å². The maximum Gasteiger partial charge on any atom is 0.335 e. The van der Waals surface area contributed by atoms with Crippen LogP contribution in [0.2, 0.25) is 0 Å². The van der Waals surface area contributed by atoms with Crippen molar-refractivity contribution in [2.75, 3.05) is 41.3 Å². The number of hydrogen-bond donors (Lipinski definition) is 2. The van der Waals surface area contributed by atoms with Crippen molar-refractivity contribution >= 4 is 29.1 Å². The van der Waals surface area contributed by atoms with Crippen LogP contribution in [-0.2, 0) is 0 Å². The maximum absolute atomic E-state index is 11.2.